The van der Waals surface area contributed by atoms with E-state index in [2.05, 4.69) is 5.32 Å². The number of nitro benzene ring substituents is 1. The van der Waals surface area contributed by atoms with E-state index in [1.807, 2.05) is 24.3 Å². The van der Waals surface area contributed by atoms with Gasteiger partial charge in [-0.15, -0.1) is 0 Å². The van der Waals surface area contributed by atoms with Crippen LogP contribution in [0.1, 0.15) is 42.4 Å². The van der Waals surface area contributed by atoms with Gasteiger partial charge in [-0.25, -0.2) is 5.48 Å². The molecule has 31 heavy (non-hydrogen) atoms. The van der Waals surface area contributed by atoms with Crippen LogP contribution in [0.3, 0.4) is 0 Å². The molecule has 0 saturated heterocycles. The minimum Gasteiger partial charge on any atom is -0.352 e. The third kappa shape index (κ3) is 7.72. The van der Waals surface area contributed by atoms with Gasteiger partial charge in [0.2, 0.25) is 5.91 Å². The summed E-state index contributed by atoms with van der Waals surface area (Å²) in [4.78, 5) is 34.3. The minimum atomic E-state index is -0.492. The number of non-ortho nitro benzene ring substituents is 1. The van der Waals surface area contributed by atoms with Gasteiger partial charge in [0.1, 0.15) is 0 Å². The lowest BCUT2D eigenvalue weighted by Gasteiger charge is -2.10. The van der Waals surface area contributed by atoms with Crippen LogP contribution in [-0.2, 0) is 9.59 Å². The van der Waals surface area contributed by atoms with E-state index in [1.165, 1.54) is 12.1 Å². The van der Waals surface area contributed by atoms with Crippen molar-refractivity contribution in [3.8, 4) is 0 Å². The predicted molar refractivity (Wildman–Crippen MR) is 122 cm³/mol. The van der Waals surface area contributed by atoms with E-state index in [-0.39, 0.29) is 18.0 Å². The van der Waals surface area contributed by atoms with E-state index in [4.69, 9.17) is 17.4 Å². The molecular weight excluding hydrogens is 418 g/mol. The van der Waals surface area contributed by atoms with Crippen LogP contribution in [0.15, 0.2) is 48.5 Å². The van der Waals surface area contributed by atoms with Crippen LogP contribution >= 0.6 is 12.2 Å². The normalized spacial score (nSPS) is 10.9. The zero-order valence-electron chi connectivity index (χ0n) is 16.7. The number of carbonyl (C=O) groups is 2. The van der Waals surface area contributed by atoms with E-state index in [0.29, 0.717) is 36.9 Å². The molecule has 0 aromatic heterocycles. The summed E-state index contributed by atoms with van der Waals surface area (Å²) in [5.74, 6) is -0.743. The van der Waals surface area contributed by atoms with Crippen molar-refractivity contribution in [3.63, 3.8) is 0 Å². The molecule has 9 heteroatoms. The highest BCUT2D eigenvalue weighted by Crippen LogP contribution is 2.22. The van der Waals surface area contributed by atoms with Gasteiger partial charge in [0, 0.05) is 36.0 Å². The summed E-state index contributed by atoms with van der Waals surface area (Å²) in [5, 5.41) is 23.8. The highest BCUT2D eigenvalue weighted by molar-refractivity contribution is 7.79. The van der Waals surface area contributed by atoms with Crippen molar-refractivity contribution < 1.29 is 19.7 Å². The average molecular weight is 442 g/mol. The molecule has 0 bridgehead atoms. The summed E-state index contributed by atoms with van der Waals surface area (Å²) >= 11 is 4.91. The number of nitrogens with zero attached hydrogens (tertiary/aromatic N) is 1. The zero-order chi connectivity index (χ0) is 22.6. The fraction of sp³-hybridized carbons (Fsp3) is 0.227. The van der Waals surface area contributed by atoms with Crippen LogP contribution < -0.4 is 10.8 Å². The molecule has 0 aliphatic carbocycles. The Bertz CT molecular complexity index is 956. The minimum absolute atomic E-state index is 0.0549. The Balaban J connectivity index is 2.12. The standard InChI is InChI=1S/C22H23N3O5S/c26-21(24-28)4-2-1-3-13-23-22(27)20(14-16-5-7-17(15-31)8-6-16)18-9-11-19(12-10-18)25(29)30/h5-12,14-15,28H,1-4,13H2,(H,23,27)(H,24,26). The molecule has 0 aliphatic heterocycles. The Kier molecular flexibility index (Phi) is 9.47. The lowest BCUT2D eigenvalue weighted by atomic mass is 10.0. The second kappa shape index (κ2) is 12.3. The van der Waals surface area contributed by atoms with Crippen LogP contribution in [0.5, 0.6) is 0 Å². The molecule has 162 valence electrons. The van der Waals surface area contributed by atoms with Crippen LogP contribution in [0.4, 0.5) is 5.69 Å². The molecule has 2 amide bonds. The van der Waals surface area contributed by atoms with Crippen molar-refractivity contribution in [2.45, 2.75) is 25.7 Å². The van der Waals surface area contributed by atoms with Gasteiger partial charge in [0.25, 0.3) is 11.6 Å². The molecule has 0 fully saturated rings. The van der Waals surface area contributed by atoms with Crippen molar-refractivity contribution in [1.82, 2.24) is 10.8 Å². The number of carbonyl (C=O) groups excluding carboxylic acids is 2. The highest BCUT2D eigenvalue weighted by atomic mass is 32.1. The van der Waals surface area contributed by atoms with E-state index in [1.54, 1.807) is 29.1 Å². The molecule has 0 radical (unpaired) electrons. The summed E-state index contributed by atoms with van der Waals surface area (Å²) < 4.78 is 0. The first-order chi connectivity index (χ1) is 14.9. The topological polar surface area (TPSA) is 122 Å². The molecule has 3 N–H and O–H groups in total. The van der Waals surface area contributed by atoms with Crippen molar-refractivity contribution in [3.05, 3.63) is 75.3 Å². The quantitative estimate of drug-likeness (QED) is 0.0930. The SMILES string of the molecule is O=C(CCCCCNC(=O)C(=Cc1ccc(C=S)cc1)c1ccc([N+](=O)[O-])cc1)NO. The first-order valence-electron chi connectivity index (χ1n) is 9.67. The number of nitrogens with one attached hydrogen (secondary N) is 2. The number of rotatable bonds is 11. The number of hydroxylamine groups is 1. The number of hydrogen-bond donors (Lipinski definition) is 3. The van der Waals surface area contributed by atoms with Gasteiger partial charge in [0.15, 0.2) is 0 Å². The molecule has 0 heterocycles. The van der Waals surface area contributed by atoms with Crippen LogP contribution in [0, 0.1) is 10.1 Å². The van der Waals surface area contributed by atoms with E-state index >= 15 is 0 Å². The number of thiocarbonyl (C=S) groups is 1. The first kappa shape index (κ1) is 23.8. The summed E-state index contributed by atoms with van der Waals surface area (Å²) in [6.45, 7) is 0.410. The highest BCUT2D eigenvalue weighted by Gasteiger charge is 2.14. The molecule has 2 rings (SSSR count). The van der Waals surface area contributed by atoms with Gasteiger partial charge in [-0.1, -0.05) is 42.9 Å². The molecule has 0 saturated carbocycles. The van der Waals surface area contributed by atoms with E-state index < -0.39 is 10.8 Å². The maximum Gasteiger partial charge on any atom is 0.269 e. The largest absolute Gasteiger partial charge is 0.352 e. The molecule has 0 unspecified atom stereocenters. The Morgan fingerprint density at radius 2 is 1.65 bits per heavy atom. The van der Waals surface area contributed by atoms with Gasteiger partial charge < -0.3 is 5.32 Å². The lowest BCUT2D eigenvalue weighted by molar-refractivity contribution is -0.384. The Morgan fingerprint density at radius 1 is 1.00 bits per heavy atom. The molecule has 2 aromatic rings. The van der Waals surface area contributed by atoms with Crippen LogP contribution in [0.2, 0.25) is 0 Å². The van der Waals surface area contributed by atoms with E-state index in [0.717, 1.165) is 11.1 Å². The second-order valence-corrected chi connectivity index (χ2v) is 6.98. The molecule has 0 spiro atoms. The van der Waals surface area contributed by atoms with Gasteiger partial charge in [0.05, 0.1) is 4.92 Å². The molecule has 0 aliphatic rings. The summed E-state index contributed by atoms with van der Waals surface area (Å²) in [6.07, 6.45) is 3.91. The third-order valence-electron chi connectivity index (χ3n) is 4.51. The lowest BCUT2D eigenvalue weighted by Crippen LogP contribution is -2.25. The number of hydrogen-bond acceptors (Lipinski definition) is 6. The molecular formula is C22H23N3O5S. The maximum absolute atomic E-state index is 12.8. The number of unbranched alkanes of at least 4 members (excludes halogenated alkanes) is 2. The number of amides is 2. The number of benzene rings is 2. The fourth-order valence-electron chi connectivity index (χ4n) is 2.82. The third-order valence-corrected chi connectivity index (χ3v) is 4.78. The van der Waals surface area contributed by atoms with Crippen molar-refractivity contribution in [2.24, 2.45) is 0 Å². The zero-order valence-corrected chi connectivity index (χ0v) is 17.6. The van der Waals surface area contributed by atoms with Gasteiger partial charge in [-0.3, -0.25) is 24.9 Å². The van der Waals surface area contributed by atoms with Crippen LogP contribution in [-0.4, -0.2) is 33.9 Å². The van der Waals surface area contributed by atoms with E-state index in [9.17, 15) is 19.7 Å². The van der Waals surface area contributed by atoms with Gasteiger partial charge in [-0.2, -0.15) is 0 Å². The summed E-state index contributed by atoms with van der Waals surface area (Å²) in [6, 6.07) is 13.2. The molecule has 0 atom stereocenters. The number of nitro groups is 1. The van der Waals surface area contributed by atoms with Crippen LogP contribution in [0.25, 0.3) is 11.6 Å². The smallest absolute Gasteiger partial charge is 0.269 e. The summed E-state index contributed by atoms with van der Waals surface area (Å²) in [5.41, 5.74) is 4.13. The Morgan fingerprint density at radius 3 is 2.23 bits per heavy atom. The summed E-state index contributed by atoms with van der Waals surface area (Å²) in [7, 11) is 0. The van der Waals surface area contributed by atoms with Crippen molar-refractivity contribution in [2.75, 3.05) is 6.54 Å². The average Bonchev–Trinajstić information content (AvgIpc) is 2.79. The second-order valence-electron chi connectivity index (χ2n) is 6.75. The monoisotopic (exact) mass is 441 g/mol. The van der Waals surface area contributed by atoms with Gasteiger partial charge in [-0.05, 0) is 47.7 Å². The van der Waals surface area contributed by atoms with Gasteiger partial charge >= 0.3 is 0 Å². The molecule has 8 nitrogen and oxygen atoms in total. The molecule has 2 aromatic carbocycles. The maximum atomic E-state index is 12.8. The predicted octanol–water partition coefficient (Wildman–Crippen LogP) is 3.67. The Hall–Kier alpha value is -3.43. The van der Waals surface area contributed by atoms with Crippen molar-refractivity contribution in [1.29, 1.82) is 0 Å². The fourth-order valence-corrected chi connectivity index (χ4v) is 2.98. The van der Waals surface area contributed by atoms with Crippen molar-refractivity contribution >= 4 is 46.7 Å². The first-order valence-corrected chi connectivity index (χ1v) is 10.1. The Labute approximate surface area is 185 Å².